The zero-order valence-corrected chi connectivity index (χ0v) is 22.5. The highest BCUT2D eigenvalue weighted by atomic mass is 19.2. The third-order valence-electron chi connectivity index (χ3n) is 8.73. The highest BCUT2D eigenvalue weighted by molar-refractivity contribution is 5.87. The minimum Gasteiger partial charge on any atom is -0.389 e. The van der Waals surface area contributed by atoms with Crippen molar-refractivity contribution >= 4 is 16.8 Å². The number of nitrogens with two attached hydrogens (primary N) is 1. The van der Waals surface area contributed by atoms with Gasteiger partial charge >= 0.3 is 0 Å². The van der Waals surface area contributed by atoms with Crippen LogP contribution in [0.2, 0.25) is 0 Å². The summed E-state index contributed by atoms with van der Waals surface area (Å²) >= 11 is 0. The number of aromatic nitrogens is 5. The number of pyridine rings is 1. The average molecular weight is 561 g/mol. The van der Waals surface area contributed by atoms with Gasteiger partial charge in [-0.2, -0.15) is 0 Å². The molecule has 0 aliphatic heterocycles. The summed E-state index contributed by atoms with van der Waals surface area (Å²) in [6, 6.07) is 25.1. The van der Waals surface area contributed by atoms with Crippen molar-refractivity contribution in [3.8, 4) is 33.9 Å². The van der Waals surface area contributed by atoms with Gasteiger partial charge in [-0.05, 0) is 67.5 Å². The Balaban J connectivity index is 1.27. The van der Waals surface area contributed by atoms with Crippen LogP contribution in [0.4, 0.5) is 8.78 Å². The Morgan fingerprint density at radius 1 is 0.762 bits per heavy atom. The Bertz CT molecular complexity index is 2000. The monoisotopic (exact) mass is 560 g/mol. The maximum absolute atomic E-state index is 14.1. The van der Waals surface area contributed by atoms with Gasteiger partial charge in [0.05, 0.1) is 17.0 Å². The summed E-state index contributed by atoms with van der Waals surface area (Å²) < 4.78 is 29.5. The van der Waals surface area contributed by atoms with Crippen LogP contribution in [0, 0.1) is 17.6 Å². The summed E-state index contributed by atoms with van der Waals surface area (Å²) in [5.41, 5.74) is 11.6. The van der Waals surface area contributed by atoms with E-state index in [1.54, 1.807) is 10.5 Å². The molecule has 2 fully saturated rings. The van der Waals surface area contributed by atoms with Gasteiger partial charge in [-0.1, -0.05) is 54.6 Å². The Morgan fingerprint density at radius 3 is 2.17 bits per heavy atom. The van der Waals surface area contributed by atoms with Crippen LogP contribution in [-0.4, -0.2) is 35.3 Å². The van der Waals surface area contributed by atoms with E-state index in [-0.39, 0.29) is 0 Å². The van der Waals surface area contributed by atoms with Crippen LogP contribution in [0.15, 0.2) is 84.9 Å². The molecule has 7 nitrogen and oxygen atoms in total. The molecule has 8 rings (SSSR count). The molecule has 2 saturated carbocycles. The topological polar surface area (TPSA) is 102 Å². The standard InChI is InChI=1S/C33H26F2N6O/c34-24-13-8-21(16-25(24)35)30-40-39-27-15-14-26-31(41(27)30)38-29(19-4-2-1-3-5-19)28(37-26)20-6-9-22(10-7-20)32(36)17-33(42,18-32)23-11-12-23/h1-10,13-16,23,42H,11-12,17-18,36H2. The van der Waals surface area contributed by atoms with Gasteiger partial charge in [0.1, 0.15) is 5.52 Å². The molecule has 0 unspecified atom stereocenters. The molecule has 0 spiro atoms. The Hall–Kier alpha value is -4.60. The van der Waals surface area contributed by atoms with E-state index < -0.39 is 22.8 Å². The van der Waals surface area contributed by atoms with Gasteiger partial charge in [0.15, 0.2) is 28.8 Å². The van der Waals surface area contributed by atoms with Gasteiger partial charge in [-0.25, -0.2) is 18.7 Å². The van der Waals surface area contributed by atoms with Crippen LogP contribution in [0.5, 0.6) is 0 Å². The first-order valence-corrected chi connectivity index (χ1v) is 14.0. The maximum atomic E-state index is 14.1. The summed E-state index contributed by atoms with van der Waals surface area (Å²) in [7, 11) is 0. The van der Waals surface area contributed by atoms with Gasteiger partial charge in [0.25, 0.3) is 0 Å². The third-order valence-corrected chi connectivity index (χ3v) is 8.73. The lowest BCUT2D eigenvalue weighted by atomic mass is 9.60. The number of fused-ring (bicyclic) bond motifs is 3. The Labute approximate surface area is 239 Å². The first-order valence-electron chi connectivity index (χ1n) is 14.0. The van der Waals surface area contributed by atoms with Crippen molar-refractivity contribution in [2.24, 2.45) is 11.7 Å². The van der Waals surface area contributed by atoms with Crippen molar-refractivity contribution in [3.63, 3.8) is 0 Å². The summed E-state index contributed by atoms with van der Waals surface area (Å²) in [5, 5.41) is 19.4. The molecule has 0 amide bonds. The quantitative estimate of drug-likeness (QED) is 0.267. The Kier molecular flexibility index (Phi) is 5.36. The predicted molar refractivity (Wildman–Crippen MR) is 155 cm³/mol. The highest BCUT2D eigenvalue weighted by Crippen LogP contribution is 2.57. The number of aliphatic hydroxyl groups is 1. The zero-order valence-electron chi connectivity index (χ0n) is 22.5. The van der Waals surface area contributed by atoms with E-state index in [2.05, 4.69) is 10.2 Å². The fourth-order valence-electron chi connectivity index (χ4n) is 6.42. The Morgan fingerprint density at radius 2 is 1.45 bits per heavy atom. The van der Waals surface area contributed by atoms with Crippen molar-refractivity contribution in [1.82, 2.24) is 24.6 Å². The normalized spacial score (nSPS) is 22.0. The van der Waals surface area contributed by atoms with Crippen molar-refractivity contribution in [1.29, 1.82) is 0 Å². The lowest BCUT2D eigenvalue weighted by Gasteiger charge is -2.52. The minimum atomic E-state index is -0.968. The second kappa shape index (κ2) is 8.95. The van der Waals surface area contributed by atoms with Crippen molar-refractivity contribution in [2.75, 3.05) is 0 Å². The van der Waals surface area contributed by atoms with E-state index in [0.717, 1.165) is 41.7 Å². The van der Waals surface area contributed by atoms with Gasteiger partial charge in [0, 0.05) is 22.2 Å². The fourth-order valence-corrected chi connectivity index (χ4v) is 6.42. The second-order valence-corrected chi connectivity index (χ2v) is 11.6. The molecule has 208 valence electrons. The molecule has 2 aliphatic rings. The smallest absolute Gasteiger partial charge is 0.170 e. The van der Waals surface area contributed by atoms with Gasteiger partial charge in [-0.3, -0.25) is 4.40 Å². The molecule has 6 aromatic rings. The molecule has 0 bridgehead atoms. The number of hydrogen-bond acceptors (Lipinski definition) is 6. The summed E-state index contributed by atoms with van der Waals surface area (Å²) in [6.45, 7) is 0. The van der Waals surface area contributed by atoms with Crippen LogP contribution in [-0.2, 0) is 5.54 Å². The van der Waals surface area contributed by atoms with E-state index in [9.17, 15) is 13.9 Å². The molecule has 3 heterocycles. The number of hydrogen-bond donors (Lipinski definition) is 2. The molecule has 0 saturated heterocycles. The maximum Gasteiger partial charge on any atom is 0.170 e. The van der Waals surface area contributed by atoms with Crippen LogP contribution < -0.4 is 5.73 Å². The minimum absolute atomic E-state index is 0.333. The second-order valence-electron chi connectivity index (χ2n) is 11.6. The molecule has 2 aliphatic carbocycles. The fraction of sp³-hybridized carbons (Fsp3) is 0.212. The van der Waals surface area contributed by atoms with Crippen LogP contribution >= 0.6 is 0 Å². The highest BCUT2D eigenvalue weighted by Gasteiger charge is 2.58. The number of nitrogens with zero attached hydrogens (tertiary/aromatic N) is 5. The van der Waals surface area contributed by atoms with Crippen molar-refractivity contribution in [3.05, 3.63) is 102 Å². The SMILES string of the molecule is NC1(c2ccc(-c3nc4ccc5nnc(-c6ccc(F)c(F)c6)n5c4nc3-c3ccccc3)cc2)CC(O)(C2CC2)C1. The van der Waals surface area contributed by atoms with Crippen LogP contribution in [0.3, 0.4) is 0 Å². The molecule has 0 atom stereocenters. The molecule has 9 heteroatoms. The lowest BCUT2D eigenvalue weighted by Crippen LogP contribution is -2.60. The molecule has 3 N–H and O–H groups in total. The van der Waals surface area contributed by atoms with Crippen molar-refractivity contribution < 1.29 is 13.9 Å². The van der Waals surface area contributed by atoms with Gasteiger partial charge in [0.2, 0.25) is 0 Å². The predicted octanol–water partition coefficient (Wildman–Crippen LogP) is 6.04. The number of rotatable bonds is 5. The molecule has 3 aromatic heterocycles. The summed E-state index contributed by atoms with van der Waals surface area (Å²) in [5.74, 6) is -1.19. The summed E-state index contributed by atoms with van der Waals surface area (Å²) in [6.07, 6.45) is 3.31. The number of benzene rings is 3. The third kappa shape index (κ3) is 3.92. The first kappa shape index (κ1) is 25.1. The van der Waals surface area contributed by atoms with E-state index in [0.29, 0.717) is 58.3 Å². The van der Waals surface area contributed by atoms with Crippen LogP contribution in [0.1, 0.15) is 31.2 Å². The van der Waals surface area contributed by atoms with Crippen molar-refractivity contribution in [2.45, 2.75) is 36.8 Å². The van der Waals surface area contributed by atoms with E-state index in [1.807, 2.05) is 60.7 Å². The molecule has 42 heavy (non-hydrogen) atoms. The molecule has 0 radical (unpaired) electrons. The van der Waals surface area contributed by atoms with E-state index in [1.165, 1.54) is 6.07 Å². The summed E-state index contributed by atoms with van der Waals surface area (Å²) in [4.78, 5) is 10.1. The molecule has 3 aromatic carbocycles. The molecular formula is C33H26F2N6O. The lowest BCUT2D eigenvalue weighted by molar-refractivity contribution is -0.106. The molecular weight excluding hydrogens is 534 g/mol. The van der Waals surface area contributed by atoms with E-state index >= 15 is 0 Å². The zero-order chi connectivity index (χ0) is 28.6. The van der Waals surface area contributed by atoms with Crippen LogP contribution in [0.25, 0.3) is 50.7 Å². The first-order chi connectivity index (χ1) is 20.3. The van der Waals surface area contributed by atoms with E-state index in [4.69, 9.17) is 15.7 Å². The number of halogens is 2. The largest absolute Gasteiger partial charge is 0.389 e. The van der Waals surface area contributed by atoms with Gasteiger partial charge < -0.3 is 10.8 Å². The average Bonchev–Trinajstić information content (AvgIpc) is 3.77. The van der Waals surface area contributed by atoms with Gasteiger partial charge in [-0.15, -0.1) is 10.2 Å².